The van der Waals surface area contributed by atoms with E-state index in [1.165, 1.54) is 16.2 Å². The van der Waals surface area contributed by atoms with E-state index in [4.69, 9.17) is 21.1 Å². The number of likely N-dealkylation sites (N-methyl/N-ethyl adjacent to an activating group) is 1. The van der Waals surface area contributed by atoms with Crippen molar-refractivity contribution >= 4 is 57.2 Å². The number of aromatic nitrogens is 1. The zero-order valence-electron chi connectivity index (χ0n) is 18.3. The van der Waals surface area contributed by atoms with Gasteiger partial charge in [-0.3, -0.25) is 19.3 Å². The van der Waals surface area contributed by atoms with Crippen LogP contribution in [0, 0.1) is 6.92 Å². The number of carbonyl (C=O) groups is 3. The Labute approximate surface area is 203 Å². The van der Waals surface area contributed by atoms with E-state index in [0.29, 0.717) is 38.7 Å². The second kappa shape index (κ2) is 8.62. The minimum atomic E-state index is -0.398. The minimum absolute atomic E-state index is 0.0110. The molecule has 3 amide bonds. The molecule has 9 nitrogen and oxygen atoms in total. The molecule has 34 heavy (non-hydrogen) atoms. The van der Waals surface area contributed by atoms with E-state index in [9.17, 15) is 14.4 Å². The van der Waals surface area contributed by atoms with Gasteiger partial charge in [-0.25, -0.2) is 4.98 Å². The number of thiazole rings is 1. The van der Waals surface area contributed by atoms with Gasteiger partial charge in [0.15, 0.2) is 18.3 Å². The molecular formula is C23H19ClN4O5S. The molecule has 3 aromatic rings. The van der Waals surface area contributed by atoms with Crippen LogP contribution in [-0.2, 0) is 14.4 Å². The molecule has 0 aliphatic carbocycles. The van der Waals surface area contributed by atoms with Gasteiger partial charge in [0.1, 0.15) is 18.0 Å². The first kappa shape index (κ1) is 22.2. The topological polar surface area (TPSA) is 101 Å². The Morgan fingerprint density at radius 2 is 1.79 bits per heavy atom. The van der Waals surface area contributed by atoms with E-state index < -0.39 is 5.91 Å². The first-order chi connectivity index (χ1) is 16.3. The summed E-state index contributed by atoms with van der Waals surface area (Å²) in [7, 11) is 1.70. The normalized spacial score (nSPS) is 14.8. The Balaban J connectivity index is 1.35. The average Bonchev–Trinajstić information content (AvgIpc) is 3.18. The Morgan fingerprint density at radius 3 is 2.59 bits per heavy atom. The number of hydrogen-bond acceptors (Lipinski definition) is 7. The lowest BCUT2D eigenvalue weighted by Crippen LogP contribution is -2.43. The highest BCUT2D eigenvalue weighted by Crippen LogP contribution is 2.38. The van der Waals surface area contributed by atoms with Crippen LogP contribution < -0.4 is 24.6 Å². The van der Waals surface area contributed by atoms with Crippen molar-refractivity contribution in [2.24, 2.45) is 0 Å². The number of hydrogen-bond donors (Lipinski definition) is 1. The molecule has 0 atom stereocenters. The Kier molecular flexibility index (Phi) is 5.62. The Hall–Kier alpha value is -3.63. The lowest BCUT2D eigenvalue weighted by atomic mass is 10.1. The SMILES string of the molecule is Cc1sc(NC(=O)CN2C(=O)COc3ccc(Cl)cc32)nc1-c1ccc2c(c1)N(C)C(=O)CO2. The number of benzene rings is 2. The highest BCUT2D eigenvalue weighted by molar-refractivity contribution is 7.16. The number of amides is 3. The molecule has 2 aliphatic heterocycles. The lowest BCUT2D eigenvalue weighted by molar-refractivity contribution is -0.123. The fraction of sp³-hybridized carbons (Fsp3) is 0.217. The summed E-state index contributed by atoms with van der Waals surface area (Å²) in [4.78, 5) is 45.5. The van der Waals surface area contributed by atoms with Gasteiger partial charge in [0, 0.05) is 22.5 Å². The summed E-state index contributed by atoms with van der Waals surface area (Å²) in [5, 5.41) is 3.62. The number of anilines is 3. The molecule has 1 aromatic heterocycles. The van der Waals surface area contributed by atoms with Crippen molar-refractivity contribution in [3.05, 3.63) is 46.3 Å². The van der Waals surface area contributed by atoms with Crippen LogP contribution in [0.3, 0.4) is 0 Å². The highest BCUT2D eigenvalue weighted by atomic mass is 35.5. The number of ether oxygens (including phenoxy) is 2. The molecule has 11 heteroatoms. The quantitative estimate of drug-likeness (QED) is 0.591. The fourth-order valence-electron chi connectivity index (χ4n) is 3.79. The number of nitrogens with one attached hydrogen (secondary N) is 1. The first-order valence-electron chi connectivity index (χ1n) is 10.3. The summed E-state index contributed by atoms with van der Waals surface area (Å²) in [5.41, 5.74) is 2.60. The zero-order chi connectivity index (χ0) is 24.0. The van der Waals surface area contributed by atoms with Crippen LogP contribution in [0.15, 0.2) is 36.4 Å². The van der Waals surface area contributed by atoms with Crippen molar-refractivity contribution in [2.75, 3.05) is 41.9 Å². The summed E-state index contributed by atoms with van der Waals surface area (Å²) in [6, 6.07) is 10.4. The maximum atomic E-state index is 12.8. The molecule has 5 rings (SSSR count). The predicted octanol–water partition coefficient (Wildman–Crippen LogP) is 3.49. The third kappa shape index (κ3) is 4.06. The van der Waals surface area contributed by atoms with Crippen molar-refractivity contribution in [3.63, 3.8) is 0 Å². The van der Waals surface area contributed by atoms with Crippen molar-refractivity contribution in [1.29, 1.82) is 0 Å². The summed E-state index contributed by atoms with van der Waals surface area (Å²) in [6.07, 6.45) is 0. The van der Waals surface area contributed by atoms with E-state index in [1.54, 1.807) is 36.2 Å². The van der Waals surface area contributed by atoms with Crippen molar-refractivity contribution in [2.45, 2.75) is 6.92 Å². The van der Waals surface area contributed by atoms with Crippen LogP contribution in [0.1, 0.15) is 4.88 Å². The van der Waals surface area contributed by atoms with E-state index in [2.05, 4.69) is 10.3 Å². The Morgan fingerprint density at radius 1 is 1.09 bits per heavy atom. The molecule has 0 spiro atoms. The summed E-state index contributed by atoms with van der Waals surface area (Å²) >= 11 is 7.39. The number of aryl methyl sites for hydroxylation is 1. The molecule has 2 aliphatic rings. The van der Waals surface area contributed by atoms with E-state index in [-0.39, 0.29) is 31.6 Å². The van der Waals surface area contributed by atoms with Gasteiger partial charge < -0.3 is 19.7 Å². The molecule has 1 N–H and O–H groups in total. The third-order valence-electron chi connectivity index (χ3n) is 5.53. The summed E-state index contributed by atoms with van der Waals surface area (Å²) < 4.78 is 10.9. The maximum absolute atomic E-state index is 12.8. The summed E-state index contributed by atoms with van der Waals surface area (Å²) in [6.45, 7) is 1.56. The molecule has 0 radical (unpaired) electrons. The first-order valence-corrected chi connectivity index (χ1v) is 11.5. The van der Waals surface area contributed by atoms with Gasteiger partial charge in [-0.15, -0.1) is 11.3 Å². The predicted molar refractivity (Wildman–Crippen MR) is 129 cm³/mol. The number of nitrogens with zero attached hydrogens (tertiary/aromatic N) is 3. The fourth-order valence-corrected chi connectivity index (χ4v) is 4.81. The molecule has 0 unspecified atom stereocenters. The van der Waals surface area contributed by atoms with E-state index in [0.717, 1.165) is 10.4 Å². The van der Waals surface area contributed by atoms with Crippen LogP contribution in [0.5, 0.6) is 11.5 Å². The molecule has 2 aromatic carbocycles. The van der Waals surface area contributed by atoms with Crippen LogP contribution in [0.2, 0.25) is 5.02 Å². The molecule has 0 bridgehead atoms. The molecule has 0 saturated carbocycles. The second-order valence-electron chi connectivity index (χ2n) is 7.78. The van der Waals surface area contributed by atoms with Crippen LogP contribution in [0.25, 0.3) is 11.3 Å². The smallest absolute Gasteiger partial charge is 0.265 e. The van der Waals surface area contributed by atoms with Crippen LogP contribution in [0.4, 0.5) is 16.5 Å². The van der Waals surface area contributed by atoms with Gasteiger partial charge in [-0.05, 0) is 43.3 Å². The van der Waals surface area contributed by atoms with Gasteiger partial charge in [0.25, 0.3) is 11.8 Å². The molecule has 3 heterocycles. The van der Waals surface area contributed by atoms with Gasteiger partial charge >= 0.3 is 0 Å². The maximum Gasteiger partial charge on any atom is 0.265 e. The number of halogens is 1. The molecule has 0 fully saturated rings. The highest BCUT2D eigenvalue weighted by Gasteiger charge is 2.28. The number of carbonyl (C=O) groups excluding carboxylic acids is 3. The van der Waals surface area contributed by atoms with Crippen LogP contribution >= 0.6 is 22.9 Å². The lowest BCUT2D eigenvalue weighted by Gasteiger charge is -2.28. The second-order valence-corrected chi connectivity index (χ2v) is 9.42. The minimum Gasteiger partial charge on any atom is -0.482 e. The van der Waals surface area contributed by atoms with Gasteiger partial charge in [0.05, 0.1) is 17.1 Å². The van der Waals surface area contributed by atoms with E-state index >= 15 is 0 Å². The number of fused-ring (bicyclic) bond motifs is 2. The Bertz CT molecular complexity index is 1340. The molecule has 0 saturated heterocycles. The van der Waals surface area contributed by atoms with Crippen molar-refractivity contribution in [3.8, 4) is 22.8 Å². The average molecular weight is 499 g/mol. The zero-order valence-corrected chi connectivity index (χ0v) is 19.8. The molecule has 174 valence electrons. The standard InChI is InChI=1S/C23H19ClN4O5S/c1-12-22(13-3-5-17-15(7-13)27(2)20(30)10-32-17)26-23(34-12)25-19(29)9-28-16-8-14(24)4-6-18(16)33-11-21(28)31/h3-8H,9-11H2,1-2H3,(H,25,26,29). The van der Waals surface area contributed by atoms with Gasteiger partial charge in [0.2, 0.25) is 5.91 Å². The monoisotopic (exact) mass is 498 g/mol. The number of rotatable bonds is 4. The van der Waals surface area contributed by atoms with Crippen molar-refractivity contribution in [1.82, 2.24) is 4.98 Å². The third-order valence-corrected chi connectivity index (χ3v) is 6.65. The van der Waals surface area contributed by atoms with E-state index in [1.807, 2.05) is 19.1 Å². The van der Waals surface area contributed by atoms with Crippen LogP contribution in [-0.4, -0.2) is 49.5 Å². The van der Waals surface area contributed by atoms with Gasteiger partial charge in [-0.1, -0.05) is 11.6 Å². The summed E-state index contributed by atoms with van der Waals surface area (Å²) in [5.74, 6) is 0.251. The molecular weight excluding hydrogens is 480 g/mol. The van der Waals surface area contributed by atoms with Gasteiger partial charge in [-0.2, -0.15) is 0 Å². The largest absolute Gasteiger partial charge is 0.482 e. The van der Waals surface area contributed by atoms with Crippen molar-refractivity contribution < 1.29 is 23.9 Å².